The third-order valence-electron chi connectivity index (χ3n) is 3.11. The molecule has 0 bridgehead atoms. The quantitative estimate of drug-likeness (QED) is 0.774. The Morgan fingerprint density at radius 1 is 1.32 bits per heavy atom. The number of carboxylic acids is 1. The average molecular weight is 303 g/mol. The van der Waals surface area contributed by atoms with Gasteiger partial charge in [0.05, 0.1) is 12.1 Å². The zero-order chi connectivity index (χ0) is 15.9. The van der Waals surface area contributed by atoms with Crippen molar-refractivity contribution in [3.8, 4) is 5.69 Å². The summed E-state index contributed by atoms with van der Waals surface area (Å²) in [6, 6.07) is 7.15. The van der Waals surface area contributed by atoms with Crippen LogP contribution in [0.3, 0.4) is 0 Å². The Bertz CT molecular complexity index is 624. The molecule has 0 radical (unpaired) electrons. The number of hydrogen-bond donors (Lipinski definition) is 2. The molecular weight excluding hydrogens is 286 g/mol. The Hall–Kier alpha value is -2.77. The van der Waals surface area contributed by atoms with Gasteiger partial charge in [-0.25, -0.2) is 4.68 Å². The van der Waals surface area contributed by atoms with E-state index in [4.69, 9.17) is 5.11 Å². The molecule has 0 fully saturated rings. The first-order chi connectivity index (χ1) is 10.5. The van der Waals surface area contributed by atoms with Gasteiger partial charge >= 0.3 is 5.97 Å². The lowest BCUT2D eigenvalue weighted by Crippen LogP contribution is -2.34. The molecule has 1 atom stereocenters. The molecule has 2 aromatic rings. The maximum atomic E-state index is 11.9. The van der Waals surface area contributed by atoms with Crippen LogP contribution in [0.25, 0.3) is 5.69 Å². The van der Waals surface area contributed by atoms with E-state index in [1.54, 1.807) is 6.92 Å². The van der Waals surface area contributed by atoms with Crippen molar-refractivity contribution in [2.75, 3.05) is 0 Å². The van der Waals surface area contributed by atoms with Crippen LogP contribution in [0.5, 0.6) is 0 Å². The normalized spacial score (nSPS) is 11.9. The van der Waals surface area contributed by atoms with Crippen molar-refractivity contribution in [1.82, 2.24) is 25.5 Å². The van der Waals surface area contributed by atoms with E-state index < -0.39 is 5.97 Å². The largest absolute Gasteiger partial charge is 0.481 e. The Morgan fingerprint density at radius 3 is 2.64 bits per heavy atom. The number of amides is 1. The topological polar surface area (TPSA) is 110 Å². The van der Waals surface area contributed by atoms with Crippen LogP contribution in [0, 0.1) is 0 Å². The molecule has 2 rings (SSSR count). The van der Waals surface area contributed by atoms with Gasteiger partial charge in [0, 0.05) is 12.5 Å². The predicted octanol–water partition coefficient (Wildman–Crippen LogP) is 0.574. The fourth-order valence-corrected chi connectivity index (χ4v) is 1.97. The van der Waals surface area contributed by atoms with Crippen molar-refractivity contribution in [2.24, 2.45) is 0 Å². The highest BCUT2D eigenvalue weighted by Crippen LogP contribution is 2.08. The molecule has 0 aliphatic rings. The molecule has 0 aliphatic heterocycles. The number of aliphatic carboxylic acids is 1. The Balaban J connectivity index is 1.85. The van der Waals surface area contributed by atoms with E-state index in [1.165, 1.54) is 11.0 Å². The van der Waals surface area contributed by atoms with E-state index in [9.17, 15) is 9.59 Å². The summed E-state index contributed by atoms with van der Waals surface area (Å²) in [5.41, 5.74) is 1.67. The van der Waals surface area contributed by atoms with E-state index in [2.05, 4.69) is 20.8 Å². The average Bonchev–Trinajstić information content (AvgIpc) is 3.00. The summed E-state index contributed by atoms with van der Waals surface area (Å²) in [7, 11) is 0. The Labute approximate surface area is 127 Å². The monoisotopic (exact) mass is 303 g/mol. The van der Waals surface area contributed by atoms with Gasteiger partial charge in [0.25, 0.3) is 0 Å². The maximum Gasteiger partial charge on any atom is 0.303 e. The number of nitrogens with one attached hydrogen (secondary N) is 1. The third kappa shape index (κ3) is 4.65. The second-order valence-electron chi connectivity index (χ2n) is 5.00. The second kappa shape index (κ2) is 7.30. The summed E-state index contributed by atoms with van der Waals surface area (Å²) in [4.78, 5) is 22.4. The number of nitrogens with zero attached hydrogens (tertiary/aromatic N) is 4. The van der Waals surface area contributed by atoms with Crippen LogP contribution in [0.1, 0.15) is 25.3 Å². The first-order valence-electron chi connectivity index (χ1n) is 6.88. The number of carbonyl (C=O) groups is 2. The highest BCUT2D eigenvalue weighted by molar-refractivity contribution is 5.79. The first-order valence-corrected chi connectivity index (χ1v) is 6.88. The van der Waals surface area contributed by atoms with E-state index in [0.29, 0.717) is 6.42 Å². The number of carbonyl (C=O) groups excluding carboxylic acids is 1. The molecule has 1 aromatic carbocycles. The van der Waals surface area contributed by atoms with Gasteiger partial charge in [-0.15, -0.1) is 5.10 Å². The molecule has 0 saturated heterocycles. The van der Waals surface area contributed by atoms with E-state index >= 15 is 0 Å². The van der Waals surface area contributed by atoms with Crippen LogP contribution in [0.2, 0.25) is 0 Å². The van der Waals surface area contributed by atoms with Gasteiger partial charge in [0.1, 0.15) is 6.33 Å². The SMILES string of the molecule is CC(CCC(=O)O)NC(=O)Cc1ccc(-n2cnnn2)cc1. The van der Waals surface area contributed by atoms with Crippen molar-refractivity contribution in [2.45, 2.75) is 32.2 Å². The van der Waals surface area contributed by atoms with Crippen molar-refractivity contribution >= 4 is 11.9 Å². The summed E-state index contributed by atoms with van der Waals surface area (Å²) in [6.07, 6.45) is 2.19. The van der Waals surface area contributed by atoms with E-state index in [-0.39, 0.29) is 24.8 Å². The minimum atomic E-state index is -0.862. The summed E-state index contributed by atoms with van der Waals surface area (Å²) in [5.74, 6) is -0.993. The molecule has 22 heavy (non-hydrogen) atoms. The fraction of sp³-hybridized carbons (Fsp3) is 0.357. The summed E-state index contributed by atoms with van der Waals surface area (Å²) >= 11 is 0. The highest BCUT2D eigenvalue weighted by Gasteiger charge is 2.10. The molecule has 1 aromatic heterocycles. The minimum absolute atomic E-state index is 0.0437. The van der Waals surface area contributed by atoms with Crippen LogP contribution >= 0.6 is 0 Å². The van der Waals surface area contributed by atoms with Gasteiger partial charge in [-0.1, -0.05) is 12.1 Å². The lowest BCUT2D eigenvalue weighted by Gasteiger charge is -2.12. The summed E-state index contributed by atoms with van der Waals surface area (Å²) in [5, 5.41) is 22.3. The van der Waals surface area contributed by atoms with Crippen LogP contribution < -0.4 is 5.32 Å². The highest BCUT2D eigenvalue weighted by atomic mass is 16.4. The molecule has 1 amide bonds. The number of rotatable bonds is 7. The lowest BCUT2D eigenvalue weighted by atomic mass is 10.1. The van der Waals surface area contributed by atoms with Crippen LogP contribution in [-0.4, -0.2) is 43.2 Å². The van der Waals surface area contributed by atoms with Crippen molar-refractivity contribution in [3.05, 3.63) is 36.2 Å². The molecule has 116 valence electrons. The number of benzene rings is 1. The first kappa shape index (κ1) is 15.6. The molecule has 1 heterocycles. The number of carboxylic acid groups (broad SMARTS) is 1. The minimum Gasteiger partial charge on any atom is -0.481 e. The smallest absolute Gasteiger partial charge is 0.303 e. The number of tetrazole rings is 1. The molecule has 2 N–H and O–H groups in total. The molecular formula is C14H17N5O3. The Morgan fingerprint density at radius 2 is 2.05 bits per heavy atom. The van der Waals surface area contributed by atoms with Gasteiger partial charge in [0.15, 0.2) is 0 Å². The van der Waals surface area contributed by atoms with Gasteiger partial charge in [0.2, 0.25) is 5.91 Å². The fourth-order valence-electron chi connectivity index (χ4n) is 1.97. The van der Waals surface area contributed by atoms with Crippen molar-refractivity contribution in [3.63, 3.8) is 0 Å². The van der Waals surface area contributed by atoms with E-state index in [0.717, 1.165) is 11.3 Å². The van der Waals surface area contributed by atoms with Crippen molar-refractivity contribution < 1.29 is 14.7 Å². The molecule has 0 aliphatic carbocycles. The zero-order valence-corrected chi connectivity index (χ0v) is 12.1. The summed E-state index contributed by atoms with van der Waals surface area (Å²) < 4.78 is 1.53. The van der Waals surface area contributed by atoms with Crippen LogP contribution in [0.4, 0.5) is 0 Å². The van der Waals surface area contributed by atoms with Gasteiger partial charge in [-0.3, -0.25) is 9.59 Å². The van der Waals surface area contributed by atoms with Gasteiger partial charge in [-0.2, -0.15) is 0 Å². The molecule has 0 saturated carbocycles. The van der Waals surface area contributed by atoms with E-state index in [1.807, 2.05) is 24.3 Å². The third-order valence-corrected chi connectivity index (χ3v) is 3.11. The predicted molar refractivity (Wildman–Crippen MR) is 77.3 cm³/mol. The maximum absolute atomic E-state index is 11.9. The van der Waals surface area contributed by atoms with Crippen molar-refractivity contribution in [1.29, 1.82) is 0 Å². The second-order valence-corrected chi connectivity index (χ2v) is 5.00. The summed E-state index contributed by atoms with van der Waals surface area (Å²) in [6.45, 7) is 1.79. The number of hydrogen-bond acceptors (Lipinski definition) is 5. The zero-order valence-electron chi connectivity index (χ0n) is 12.1. The van der Waals surface area contributed by atoms with Crippen LogP contribution in [-0.2, 0) is 16.0 Å². The molecule has 8 heteroatoms. The van der Waals surface area contributed by atoms with Crippen LogP contribution in [0.15, 0.2) is 30.6 Å². The molecule has 0 spiro atoms. The standard InChI is InChI=1S/C14H17N5O3/c1-10(2-7-14(21)22)16-13(20)8-11-3-5-12(6-4-11)19-9-15-17-18-19/h3-6,9-10H,2,7-8H2,1H3,(H,16,20)(H,21,22). The molecule has 8 nitrogen and oxygen atoms in total. The Kier molecular flexibility index (Phi) is 5.18. The molecule has 1 unspecified atom stereocenters. The number of aromatic nitrogens is 4. The lowest BCUT2D eigenvalue weighted by molar-refractivity contribution is -0.137. The van der Waals surface area contributed by atoms with Gasteiger partial charge < -0.3 is 10.4 Å². The van der Waals surface area contributed by atoms with Gasteiger partial charge in [-0.05, 0) is 41.5 Å².